The first-order valence-corrected chi connectivity index (χ1v) is 5.90. The molecule has 0 spiro atoms. The molecular formula is C12H18N2O4. The smallest absolute Gasteiger partial charge is 0.310 e. The molecule has 0 aliphatic rings. The number of nitro benzene ring substituents is 1. The highest BCUT2D eigenvalue weighted by Gasteiger charge is 2.15. The summed E-state index contributed by atoms with van der Waals surface area (Å²) in [4.78, 5) is 10.3. The highest BCUT2D eigenvalue weighted by atomic mass is 16.6. The first-order valence-electron chi connectivity index (χ1n) is 5.90. The topological polar surface area (TPSA) is 98.6 Å². The van der Waals surface area contributed by atoms with E-state index in [-0.39, 0.29) is 18.0 Å². The molecule has 6 nitrogen and oxygen atoms in total. The molecule has 0 radical (unpaired) electrons. The van der Waals surface area contributed by atoms with Crippen LogP contribution in [0, 0.1) is 10.1 Å². The van der Waals surface area contributed by atoms with E-state index in [9.17, 15) is 10.1 Å². The standard InChI is InChI=1S/C12H18N2O4/c13-9-10-4-5-11(14(16)17)12(8-10)18-7-3-1-2-6-15/h4-5,8,15H,1-3,6-7,9,13H2. The van der Waals surface area contributed by atoms with Crippen molar-refractivity contribution >= 4 is 5.69 Å². The molecule has 0 amide bonds. The molecule has 0 unspecified atom stereocenters. The summed E-state index contributed by atoms with van der Waals surface area (Å²) < 4.78 is 5.41. The lowest BCUT2D eigenvalue weighted by molar-refractivity contribution is -0.385. The van der Waals surface area contributed by atoms with Gasteiger partial charge in [-0.3, -0.25) is 10.1 Å². The van der Waals surface area contributed by atoms with Crippen LogP contribution in [-0.2, 0) is 6.54 Å². The average molecular weight is 254 g/mol. The van der Waals surface area contributed by atoms with Crippen LogP contribution in [0.15, 0.2) is 18.2 Å². The van der Waals surface area contributed by atoms with Crippen molar-refractivity contribution in [3.63, 3.8) is 0 Å². The Balaban J connectivity index is 2.63. The number of unbranched alkanes of at least 4 members (excludes halogenated alkanes) is 2. The fourth-order valence-electron chi connectivity index (χ4n) is 1.52. The van der Waals surface area contributed by atoms with Crippen molar-refractivity contribution in [1.82, 2.24) is 0 Å². The Kier molecular flexibility index (Phi) is 6.10. The van der Waals surface area contributed by atoms with Crippen LogP contribution in [0.1, 0.15) is 24.8 Å². The van der Waals surface area contributed by atoms with Gasteiger partial charge in [0.15, 0.2) is 5.75 Å². The summed E-state index contributed by atoms with van der Waals surface area (Å²) in [5.41, 5.74) is 6.24. The van der Waals surface area contributed by atoms with Gasteiger partial charge in [-0.1, -0.05) is 6.07 Å². The van der Waals surface area contributed by atoms with Gasteiger partial charge in [-0.2, -0.15) is 0 Å². The van der Waals surface area contributed by atoms with E-state index in [2.05, 4.69) is 0 Å². The Morgan fingerprint density at radius 3 is 2.72 bits per heavy atom. The van der Waals surface area contributed by atoms with Crippen molar-refractivity contribution in [1.29, 1.82) is 0 Å². The molecule has 3 N–H and O–H groups in total. The minimum Gasteiger partial charge on any atom is -0.487 e. The molecule has 1 aromatic carbocycles. The molecule has 1 aromatic rings. The highest BCUT2D eigenvalue weighted by Crippen LogP contribution is 2.28. The van der Waals surface area contributed by atoms with E-state index < -0.39 is 4.92 Å². The Morgan fingerprint density at radius 1 is 1.33 bits per heavy atom. The lowest BCUT2D eigenvalue weighted by Crippen LogP contribution is -2.03. The summed E-state index contributed by atoms with van der Waals surface area (Å²) in [7, 11) is 0. The van der Waals surface area contributed by atoms with Crippen LogP contribution in [0.5, 0.6) is 5.75 Å². The molecule has 0 aromatic heterocycles. The van der Waals surface area contributed by atoms with Crippen LogP contribution in [0.2, 0.25) is 0 Å². The van der Waals surface area contributed by atoms with Crippen molar-refractivity contribution in [2.75, 3.05) is 13.2 Å². The number of nitro groups is 1. The number of aliphatic hydroxyl groups excluding tert-OH is 1. The molecule has 0 aliphatic carbocycles. The number of rotatable bonds is 8. The van der Waals surface area contributed by atoms with Gasteiger partial charge < -0.3 is 15.6 Å². The van der Waals surface area contributed by atoms with Crippen molar-refractivity contribution in [3.05, 3.63) is 33.9 Å². The lowest BCUT2D eigenvalue weighted by atomic mass is 10.2. The summed E-state index contributed by atoms with van der Waals surface area (Å²) in [6.45, 7) is 0.872. The Morgan fingerprint density at radius 2 is 2.11 bits per heavy atom. The number of nitrogens with two attached hydrogens (primary N) is 1. The van der Waals surface area contributed by atoms with Gasteiger partial charge in [-0.15, -0.1) is 0 Å². The van der Waals surface area contributed by atoms with E-state index in [0.717, 1.165) is 18.4 Å². The zero-order chi connectivity index (χ0) is 13.4. The van der Waals surface area contributed by atoms with Gasteiger partial charge in [0.05, 0.1) is 11.5 Å². The first kappa shape index (κ1) is 14.4. The van der Waals surface area contributed by atoms with Gasteiger partial charge in [0.2, 0.25) is 0 Å². The Bertz CT molecular complexity index is 396. The SMILES string of the molecule is NCc1ccc([N+](=O)[O-])c(OCCCCCO)c1. The van der Waals surface area contributed by atoms with Gasteiger partial charge in [0.1, 0.15) is 0 Å². The summed E-state index contributed by atoms with van der Waals surface area (Å²) in [6.07, 6.45) is 2.31. The highest BCUT2D eigenvalue weighted by molar-refractivity contribution is 5.48. The number of hydrogen-bond donors (Lipinski definition) is 2. The third-order valence-electron chi connectivity index (χ3n) is 2.52. The third-order valence-corrected chi connectivity index (χ3v) is 2.52. The van der Waals surface area contributed by atoms with E-state index in [0.29, 0.717) is 19.6 Å². The minimum atomic E-state index is -0.469. The maximum absolute atomic E-state index is 10.8. The van der Waals surface area contributed by atoms with Crippen molar-refractivity contribution in [3.8, 4) is 5.75 Å². The second-order valence-electron chi connectivity index (χ2n) is 3.90. The number of aliphatic hydroxyl groups is 1. The fourth-order valence-corrected chi connectivity index (χ4v) is 1.52. The van der Waals surface area contributed by atoms with Crippen molar-refractivity contribution < 1.29 is 14.8 Å². The van der Waals surface area contributed by atoms with Gasteiger partial charge in [0, 0.05) is 19.2 Å². The second kappa shape index (κ2) is 7.62. The quantitative estimate of drug-likeness (QED) is 0.417. The van der Waals surface area contributed by atoms with E-state index in [4.69, 9.17) is 15.6 Å². The molecular weight excluding hydrogens is 236 g/mol. The third kappa shape index (κ3) is 4.31. The molecule has 0 heterocycles. The number of nitrogens with zero attached hydrogens (tertiary/aromatic N) is 1. The fraction of sp³-hybridized carbons (Fsp3) is 0.500. The normalized spacial score (nSPS) is 10.3. The average Bonchev–Trinajstić information content (AvgIpc) is 2.38. The van der Waals surface area contributed by atoms with Crippen LogP contribution in [0.25, 0.3) is 0 Å². The van der Waals surface area contributed by atoms with Crippen LogP contribution in [0.4, 0.5) is 5.69 Å². The van der Waals surface area contributed by atoms with Crippen LogP contribution >= 0.6 is 0 Å². The summed E-state index contributed by atoms with van der Waals surface area (Å²) in [5.74, 6) is 0.256. The summed E-state index contributed by atoms with van der Waals surface area (Å²) in [5, 5.41) is 19.4. The largest absolute Gasteiger partial charge is 0.487 e. The number of hydrogen-bond acceptors (Lipinski definition) is 5. The van der Waals surface area contributed by atoms with Crippen LogP contribution in [0.3, 0.4) is 0 Å². The molecule has 100 valence electrons. The van der Waals surface area contributed by atoms with Gasteiger partial charge >= 0.3 is 5.69 Å². The predicted octanol–water partition coefficient (Wildman–Crippen LogP) is 1.59. The van der Waals surface area contributed by atoms with Crippen LogP contribution < -0.4 is 10.5 Å². The molecule has 0 bridgehead atoms. The summed E-state index contributed by atoms with van der Waals surface area (Å²) in [6, 6.07) is 4.63. The zero-order valence-electron chi connectivity index (χ0n) is 10.2. The number of benzene rings is 1. The predicted molar refractivity (Wildman–Crippen MR) is 67.4 cm³/mol. The molecule has 0 aliphatic heterocycles. The van der Waals surface area contributed by atoms with E-state index in [1.54, 1.807) is 12.1 Å². The molecule has 0 saturated heterocycles. The molecule has 18 heavy (non-hydrogen) atoms. The van der Waals surface area contributed by atoms with Crippen molar-refractivity contribution in [2.24, 2.45) is 5.73 Å². The first-order chi connectivity index (χ1) is 8.69. The molecule has 0 fully saturated rings. The minimum absolute atomic E-state index is 0.0469. The Labute approximate surface area is 106 Å². The summed E-state index contributed by atoms with van der Waals surface area (Å²) >= 11 is 0. The molecule has 6 heteroatoms. The zero-order valence-corrected chi connectivity index (χ0v) is 10.2. The van der Waals surface area contributed by atoms with Gasteiger partial charge in [-0.25, -0.2) is 0 Å². The van der Waals surface area contributed by atoms with E-state index in [1.165, 1.54) is 6.07 Å². The Hall–Kier alpha value is -1.66. The lowest BCUT2D eigenvalue weighted by Gasteiger charge is -2.08. The van der Waals surface area contributed by atoms with Gasteiger partial charge in [-0.05, 0) is 30.9 Å². The van der Waals surface area contributed by atoms with E-state index >= 15 is 0 Å². The second-order valence-corrected chi connectivity index (χ2v) is 3.90. The maximum atomic E-state index is 10.8. The molecule has 0 atom stereocenters. The van der Waals surface area contributed by atoms with Crippen molar-refractivity contribution in [2.45, 2.75) is 25.8 Å². The van der Waals surface area contributed by atoms with E-state index in [1.807, 2.05) is 0 Å². The number of ether oxygens (including phenoxy) is 1. The monoisotopic (exact) mass is 254 g/mol. The maximum Gasteiger partial charge on any atom is 0.310 e. The molecule has 0 saturated carbocycles. The molecule has 1 rings (SSSR count). The van der Waals surface area contributed by atoms with Crippen LogP contribution in [-0.4, -0.2) is 23.2 Å². The van der Waals surface area contributed by atoms with Gasteiger partial charge in [0.25, 0.3) is 0 Å².